The van der Waals surface area contributed by atoms with E-state index in [1.165, 1.54) is 0 Å². The first-order valence-electron chi connectivity index (χ1n) is 9.42. The van der Waals surface area contributed by atoms with Gasteiger partial charge in [-0.2, -0.15) is 0 Å². The largest absolute Gasteiger partial charge is 0.305 e. The number of carbonyl (C=O) groups excluding carboxylic acids is 1. The summed E-state index contributed by atoms with van der Waals surface area (Å²) in [5.74, 6) is 0.523. The van der Waals surface area contributed by atoms with E-state index in [-0.39, 0.29) is 5.92 Å². The lowest BCUT2D eigenvalue weighted by Gasteiger charge is -2.27. The maximum Gasteiger partial charge on any atom is 0.136 e. The van der Waals surface area contributed by atoms with E-state index in [1.807, 2.05) is 13.8 Å². The van der Waals surface area contributed by atoms with Gasteiger partial charge in [0.25, 0.3) is 0 Å². The van der Waals surface area contributed by atoms with Crippen LogP contribution < -0.4 is 0 Å². The third kappa shape index (κ3) is 12.0. The summed E-state index contributed by atoms with van der Waals surface area (Å²) in [4.78, 5) is 21.1. The smallest absolute Gasteiger partial charge is 0.136 e. The third-order valence-electron chi connectivity index (χ3n) is 4.83. The Morgan fingerprint density at radius 1 is 0.667 bits per heavy atom. The van der Waals surface area contributed by atoms with Crippen LogP contribution in [-0.2, 0) is 4.79 Å². The molecule has 0 amide bonds. The summed E-state index contributed by atoms with van der Waals surface area (Å²) in [6, 6.07) is 0.610. The Kier molecular flexibility index (Phi) is 12.6. The van der Waals surface area contributed by atoms with Crippen LogP contribution in [-0.4, -0.2) is 105 Å². The van der Waals surface area contributed by atoms with Gasteiger partial charge in [0.1, 0.15) is 5.78 Å². The van der Waals surface area contributed by atoms with Crippen LogP contribution in [0.15, 0.2) is 0 Å². The molecule has 0 fully saturated rings. The van der Waals surface area contributed by atoms with E-state index in [1.54, 1.807) is 0 Å². The van der Waals surface area contributed by atoms with Gasteiger partial charge in [-0.15, -0.1) is 0 Å². The van der Waals surface area contributed by atoms with Crippen molar-refractivity contribution in [2.75, 3.05) is 74.0 Å². The highest BCUT2D eigenvalue weighted by atomic mass is 16.1. The van der Waals surface area contributed by atoms with Crippen molar-refractivity contribution in [3.8, 4) is 0 Å². The summed E-state index contributed by atoms with van der Waals surface area (Å²) in [5, 5.41) is 0. The van der Waals surface area contributed by atoms with Crippen LogP contribution in [0.3, 0.4) is 0 Å². The van der Waals surface area contributed by atoms with Crippen LogP contribution in [0.5, 0.6) is 0 Å². The lowest BCUT2D eigenvalue weighted by Crippen LogP contribution is -2.39. The molecule has 0 bridgehead atoms. The molecule has 144 valence electrons. The lowest BCUT2D eigenvalue weighted by atomic mass is 10.1. The molecule has 0 atom stereocenters. The zero-order valence-electron chi connectivity index (χ0n) is 17.5. The Labute approximate surface area is 151 Å². The normalized spacial score (nSPS) is 12.6. The standard InChI is InChI=1S/C19H42N4O/c1-17(2)19(24)9-10-20(5)11-12-21(6)13-14-22(7)15-16-23(8)18(3)4/h17-18H,9-16H2,1-8H3. The van der Waals surface area contributed by atoms with Crippen molar-refractivity contribution in [3.63, 3.8) is 0 Å². The zero-order valence-corrected chi connectivity index (χ0v) is 17.5. The second kappa shape index (κ2) is 12.8. The molecule has 5 heteroatoms. The van der Waals surface area contributed by atoms with Crippen LogP contribution in [0, 0.1) is 5.92 Å². The number of ketones is 1. The molecule has 0 aliphatic heterocycles. The second-order valence-electron chi connectivity index (χ2n) is 7.86. The minimum absolute atomic E-state index is 0.159. The molecule has 0 aromatic carbocycles. The fourth-order valence-corrected chi connectivity index (χ4v) is 2.19. The highest BCUT2D eigenvalue weighted by Crippen LogP contribution is 2.00. The minimum atomic E-state index is 0.159. The average molecular weight is 343 g/mol. The van der Waals surface area contributed by atoms with Crippen molar-refractivity contribution in [1.29, 1.82) is 0 Å². The Bertz CT molecular complexity index is 333. The van der Waals surface area contributed by atoms with Crippen molar-refractivity contribution in [2.45, 2.75) is 40.2 Å². The molecule has 0 N–H and O–H groups in total. The fourth-order valence-electron chi connectivity index (χ4n) is 2.19. The van der Waals surface area contributed by atoms with E-state index in [4.69, 9.17) is 0 Å². The monoisotopic (exact) mass is 342 g/mol. The van der Waals surface area contributed by atoms with Gasteiger partial charge < -0.3 is 19.6 Å². The molecule has 0 saturated heterocycles. The maximum absolute atomic E-state index is 11.7. The molecule has 0 radical (unpaired) electrons. The summed E-state index contributed by atoms with van der Waals surface area (Å²) >= 11 is 0. The molecule has 0 spiro atoms. The van der Waals surface area contributed by atoms with Gasteiger partial charge in [0, 0.05) is 64.2 Å². The Hall–Kier alpha value is -0.490. The number of rotatable bonds is 14. The van der Waals surface area contributed by atoms with Gasteiger partial charge in [-0.05, 0) is 42.0 Å². The molecular weight excluding hydrogens is 300 g/mol. The van der Waals surface area contributed by atoms with Gasteiger partial charge in [-0.25, -0.2) is 0 Å². The van der Waals surface area contributed by atoms with Crippen molar-refractivity contribution in [1.82, 2.24) is 19.6 Å². The van der Waals surface area contributed by atoms with E-state index in [0.29, 0.717) is 18.2 Å². The van der Waals surface area contributed by atoms with E-state index >= 15 is 0 Å². The van der Waals surface area contributed by atoms with E-state index in [2.05, 4.69) is 61.6 Å². The molecular formula is C19H42N4O. The van der Waals surface area contributed by atoms with Gasteiger partial charge in [0.2, 0.25) is 0 Å². The summed E-state index contributed by atoms with van der Waals surface area (Å²) in [5.41, 5.74) is 0. The van der Waals surface area contributed by atoms with Gasteiger partial charge in [-0.1, -0.05) is 13.8 Å². The molecule has 0 aromatic heterocycles. The van der Waals surface area contributed by atoms with Gasteiger partial charge in [0.05, 0.1) is 0 Å². The van der Waals surface area contributed by atoms with Crippen molar-refractivity contribution >= 4 is 5.78 Å². The first kappa shape index (κ1) is 23.5. The van der Waals surface area contributed by atoms with Crippen molar-refractivity contribution in [2.24, 2.45) is 5.92 Å². The number of Topliss-reactive ketones (excluding diaryl/α,β-unsaturated/α-hetero) is 1. The third-order valence-corrected chi connectivity index (χ3v) is 4.83. The number of likely N-dealkylation sites (N-methyl/N-ethyl adjacent to an activating group) is 4. The Morgan fingerprint density at radius 3 is 1.42 bits per heavy atom. The molecule has 5 nitrogen and oxygen atoms in total. The number of carbonyl (C=O) groups is 1. The predicted molar refractivity (Wildman–Crippen MR) is 105 cm³/mol. The van der Waals surface area contributed by atoms with Crippen LogP contribution in [0.4, 0.5) is 0 Å². The first-order valence-corrected chi connectivity index (χ1v) is 9.42. The molecule has 0 unspecified atom stereocenters. The van der Waals surface area contributed by atoms with Crippen molar-refractivity contribution in [3.05, 3.63) is 0 Å². The zero-order chi connectivity index (χ0) is 18.7. The van der Waals surface area contributed by atoms with Crippen molar-refractivity contribution < 1.29 is 4.79 Å². The molecule has 0 aliphatic carbocycles. The maximum atomic E-state index is 11.7. The number of hydrogen-bond donors (Lipinski definition) is 0. The SMILES string of the molecule is CC(C)C(=O)CCN(C)CCN(C)CCN(C)CCN(C)C(C)C. The lowest BCUT2D eigenvalue weighted by molar-refractivity contribution is -0.122. The van der Waals surface area contributed by atoms with E-state index < -0.39 is 0 Å². The van der Waals surface area contributed by atoms with Gasteiger partial charge in [0.15, 0.2) is 0 Å². The van der Waals surface area contributed by atoms with Crippen LogP contribution in [0.2, 0.25) is 0 Å². The average Bonchev–Trinajstić information content (AvgIpc) is 2.52. The number of nitrogens with zero attached hydrogens (tertiary/aromatic N) is 4. The first-order chi connectivity index (χ1) is 11.1. The van der Waals surface area contributed by atoms with Crippen LogP contribution >= 0.6 is 0 Å². The molecule has 24 heavy (non-hydrogen) atoms. The highest BCUT2D eigenvalue weighted by Gasteiger charge is 2.10. The Balaban J connectivity index is 3.78. The highest BCUT2D eigenvalue weighted by molar-refractivity contribution is 5.80. The second-order valence-corrected chi connectivity index (χ2v) is 7.86. The van der Waals surface area contributed by atoms with E-state index in [0.717, 1.165) is 45.8 Å². The molecule has 0 heterocycles. The summed E-state index contributed by atoms with van der Waals surface area (Å²) in [6.07, 6.45) is 0.671. The fraction of sp³-hybridized carbons (Fsp3) is 0.947. The van der Waals surface area contributed by atoms with E-state index in [9.17, 15) is 4.79 Å². The minimum Gasteiger partial charge on any atom is -0.305 e. The summed E-state index contributed by atoms with van der Waals surface area (Å²) in [6.45, 7) is 15.8. The van der Waals surface area contributed by atoms with Gasteiger partial charge >= 0.3 is 0 Å². The molecule has 0 rings (SSSR count). The topological polar surface area (TPSA) is 30.0 Å². The van der Waals surface area contributed by atoms with Crippen LogP contribution in [0.25, 0.3) is 0 Å². The molecule has 0 aromatic rings. The number of hydrogen-bond acceptors (Lipinski definition) is 5. The predicted octanol–water partition coefficient (Wildman–Crippen LogP) is 1.74. The molecule has 0 saturated carbocycles. The van der Waals surface area contributed by atoms with Gasteiger partial charge in [-0.3, -0.25) is 4.79 Å². The summed E-state index contributed by atoms with van der Waals surface area (Å²) < 4.78 is 0. The Morgan fingerprint density at radius 2 is 1.04 bits per heavy atom. The quantitative estimate of drug-likeness (QED) is 0.480. The summed E-state index contributed by atoms with van der Waals surface area (Å²) in [7, 11) is 8.67. The van der Waals surface area contributed by atoms with Crippen LogP contribution in [0.1, 0.15) is 34.1 Å². The molecule has 0 aliphatic rings.